The molecule has 1 unspecified atom stereocenters. The van der Waals surface area contributed by atoms with Crippen molar-refractivity contribution in [2.75, 3.05) is 39.3 Å². The maximum absolute atomic E-state index is 13.2. The second-order valence-corrected chi connectivity index (χ2v) is 9.70. The number of piperidine rings is 1. The maximum Gasteiger partial charge on any atom is 0.246 e. The van der Waals surface area contributed by atoms with Gasteiger partial charge in [0.2, 0.25) is 23.5 Å². The first kappa shape index (κ1) is 24.9. The molecule has 2 fully saturated rings. The van der Waals surface area contributed by atoms with Gasteiger partial charge < -0.3 is 14.3 Å². The summed E-state index contributed by atoms with van der Waals surface area (Å²) in [6.07, 6.45) is 4.90. The molecule has 0 bridgehead atoms. The first-order chi connectivity index (χ1) is 18.1. The summed E-state index contributed by atoms with van der Waals surface area (Å²) in [5.41, 5.74) is 1.94. The third-order valence-corrected chi connectivity index (χ3v) is 7.38. The molecule has 192 valence electrons. The van der Waals surface area contributed by atoms with Gasteiger partial charge in [-0.1, -0.05) is 65.8 Å². The van der Waals surface area contributed by atoms with E-state index in [0.717, 1.165) is 24.2 Å². The Morgan fingerprint density at radius 2 is 1.54 bits per heavy atom. The highest BCUT2D eigenvalue weighted by molar-refractivity contribution is 5.92. The van der Waals surface area contributed by atoms with Crippen LogP contribution in [0.5, 0.6) is 0 Å². The topological polar surface area (TPSA) is 82.8 Å². The largest absolute Gasteiger partial charge is 0.340 e. The number of rotatable bonds is 6. The molecular formula is C29H33N5O3. The second-order valence-electron chi connectivity index (χ2n) is 9.70. The van der Waals surface area contributed by atoms with Crippen LogP contribution in [0.3, 0.4) is 0 Å². The standard InChI is InChI=1S/C29H33N5O3/c1-22(28-30-27(31-37-28)24-10-6-3-7-11-24)32-18-20-34(21-19-32)29(36)25-14-16-33(17-15-25)26(35)13-12-23-8-4-2-5-9-23/h2-13,22,25H,14-21H2,1H3/b13-12+. The van der Waals surface area contributed by atoms with Crippen molar-refractivity contribution in [2.45, 2.75) is 25.8 Å². The lowest BCUT2D eigenvalue weighted by Gasteiger charge is -2.39. The lowest BCUT2D eigenvalue weighted by atomic mass is 9.94. The highest BCUT2D eigenvalue weighted by Gasteiger charge is 2.33. The van der Waals surface area contributed by atoms with Crippen molar-refractivity contribution in [1.82, 2.24) is 24.8 Å². The van der Waals surface area contributed by atoms with Gasteiger partial charge in [-0.05, 0) is 31.4 Å². The average Bonchev–Trinajstić information content (AvgIpc) is 3.47. The minimum Gasteiger partial charge on any atom is -0.340 e. The van der Waals surface area contributed by atoms with E-state index in [1.807, 2.05) is 76.5 Å². The molecule has 5 rings (SSSR count). The molecule has 37 heavy (non-hydrogen) atoms. The van der Waals surface area contributed by atoms with Crippen molar-refractivity contribution in [3.05, 3.63) is 78.2 Å². The van der Waals surface area contributed by atoms with Crippen LogP contribution < -0.4 is 0 Å². The van der Waals surface area contributed by atoms with E-state index in [0.29, 0.717) is 50.7 Å². The summed E-state index contributed by atoms with van der Waals surface area (Å²) < 4.78 is 5.56. The molecule has 8 heteroatoms. The van der Waals surface area contributed by atoms with Gasteiger partial charge in [-0.3, -0.25) is 14.5 Å². The molecule has 1 aromatic heterocycles. The predicted molar refractivity (Wildman–Crippen MR) is 141 cm³/mol. The van der Waals surface area contributed by atoms with Crippen LogP contribution in [-0.4, -0.2) is 75.9 Å². The van der Waals surface area contributed by atoms with Crippen LogP contribution in [0.4, 0.5) is 0 Å². The Hall–Kier alpha value is -3.78. The highest BCUT2D eigenvalue weighted by atomic mass is 16.5. The van der Waals surface area contributed by atoms with Crippen molar-refractivity contribution in [1.29, 1.82) is 0 Å². The molecule has 2 aliphatic heterocycles. The third-order valence-electron chi connectivity index (χ3n) is 7.38. The van der Waals surface area contributed by atoms with Crippen LogP contribution in [0.15, 0.2) is 71.3 Å². The molecule has 2 amide bonds. The number of carbonyl (C=O) groups excluding carboxylic acids is 2. The van der Waals surface area contributed by atoms with Crippen LogP contribution in [-0.2, 0) is 9.59 Å². The van der Waals surface area contributed by atoms with Crippen molar-refractivity contribution in [2.24, 2.45) is 5.92 Å². The zero-order chi connectivity index (χ0) is 25.6. The predicted octanol–water partition coefficient (Wildman–Crippen LogP) is 3.89. The van der Waals surface area contributed by atoms with Crippen LogP contribution in [0, 0.1) is 5.92 Å². The molecule has 1 atom stereocenters. The molecular weight excluding hydrogens is 466 g/mol. The van der Waals surface area contributed by atoms with Crippen LogP contribution in [0.25, 0.3) is 17.5 Å². The summed E-state index contributed by atoms with van der Waals surface area (Å²) in [6.45, 7) is 6.19. The second kappa shape index (κ2) is 11.5. The molecule has 2 aromatic carbocycles. The number of likely N-dealkylation sites (tertiary alicyclic amines) is 1. The number of piperazine rings is 1. The molecule has 0 spiro atoms. The monoisotopic (exact) mass is 499 g/mol. The van der Waals surface area contributed by atoms with E-state index in [9.17, 15) is 9.59 Å². The van der Waals surface area contributed by atoms with Gasteiger partial charge in [0.1, 0.15) is 0 Å². The van der Waals surface area contributed by atoms with Crippen LogP contribution in [0.2, 0.25) is 0 Å². The Morgan fingerprint density at radius 3 is 2.22 bits per heavy atom. The molecule has 0 saturated carbocycles. The van der Waals surface area contributed by atoms with Gasteiger partial charge in [0.05, 0.1) is 6.04 Å². The van der Waals surface area contributed by atoms with E-state index in [1.54, 1.807) is 6.08 Å². The van der Waals surface area contributed by atoms with Gasteiger partial charge in [0.25, 0.3) is 0 Å². The summed E-state index contributed by atoms with van der Waals surface area (Å²) in [4.78, 5) is 36.5. The fraction of sp³-hybridized carbons (Fsp3) is 0.379. The summed E-state index contributed by atoms with van der Waals surface area (Å²) in [7, 11) is 0. The minimum absolute atomic E-state index is 0.00815. The SMILES string of the molecule is CC(c1nc(-c2ccccc2)no1)N1CCN(C(=O)C2CCN(C(=O)/C=C/c3ccccc3)CC2)CC1. The highest BCUT2D eigenvalue weighted by Crippen LogP contribution is 2.25. The van der Waals surface area contributed by atoms with Gasteiger partial charge >= 0.3 is 0 Å². The molecule has 0 aliphatic carbocycles. The Kier molecular flexibility index (Phi) is 7.75. The number of nitrogens with zero attached hydrogens (tertiary/aromatic N) is 5. The van der Waals surface area contributed by atoms with Crippen LogP contribution in [0.1, 0.15) is 37.3 Å². The fourth-order valence-electron chi connectivity index (χ4n) is 5.04. The Bertz CT molecular complexity index is 1210. The number of hydrogen-bond acceptors (Lipinski definition) is 6. The third kappa shape index (κ3) is 5.97. The summed E-state index contributed by atoms with van der Waals surface area (Å²) >= 11 is 0. The van der Waals surface area contributed by atoms with Gasteiger partial charge in [-0.2, -0.15) is 4.98 Å². The van der Waals surface area contributed by atoms with E-state index in [2.05, 4.69) is 22.0 Å². The molecule has 0 N–H and O–H groups in total. The van der Waals surface area contributed by atoms with Crippen molar-refractivity contribution < 1.29 is 14.1 Å². The summed E-state index contributed by atoms with van der Waals surface area (Å²) in [5, 5.41) is 4.14. The normalized spacial score (nSPS) is 18.3. The quantitative estimate of drug-likeness (QED) is 0.479. The molecule has 2 aliphatic rings. The number of amides is 2. The van der Waals surface area contributed by atoms with Crippen LogP contribution >= 0.6 is 0 Å². The lowest BCUT2D eigenvalue weighted by molar-refractivity contribution is -0.141. The van der Waals surface area contributed by atoms with Gasteiger partial charge in [0.15, 0.2) is 0 Å². The van der Waals surface area contributed by atoms with E-state index in [1.165, 1.54) is 0 Å². The minimum atomic E-state index is -0.0181. The van der Waals surface area contributed by atoms with E-state index in [4.69, 9.17) is 4.52 Å². The van der Waals surface area contributed by atoms with Gasteiger partial charge in [-0.25, -0.2) is 0 Å². The van der Waals surface area contributed by atoms with Gasteiger partial charge in [0, 0.05) is 56.8 Å². The first-order valence-electron chi connectivity index (χ1n) is 13.0. The number of carbonyl (C=O) groups is 2. The molecule has 0 radical (unpaired) electrons. The number of benzene rings is 2. The molecule has 3 heterocycles. The number of aromatic nitrogens is 2. The van der Waals surface area contributed by atoms with Crippen molar-refractivity contribution >= 4 is 17.9 Å². The molecule has 8 nitrogen and oxygen atoms in total. The van der Waals surface area contributed by atoms with Crippen molar-refractivity contribution in [3.8, 4) is 11.4 Å². The zero-order valence-corrected chi connectivity index (χ0v) is 21.2. The van der Waals surface area contributed by atoms with Crippen molar-refractivity contribution in [3.63, 3.8) is 0 Å². The van der Waals surface area contributed by atoms with E-state index < -0.39 is 0 Å². The Labute approximate surface area is 217 Å². The summed E-state index contributed by atoms with van der Waals surface area (Å²) in [6, 6.07) is 19.6. The summed E-state index contributed by atoms with van der Waals surface area (Å²) in [5.74, 6) is 1.39. The Balaban J connectivity index is 1.08. The smallest absolute Gasteiger partial charge is 0.246 e. The molecule has 3 aromatic rings. The average molecular weight is 500 g/mol. The Morgan fingerprint density at radius 1 is 0.892 bits per heavy atom. The van der Waals surface area contributed by atoms with Gasteiger partial charge in [-0.15, -0.1) is 0 Å². The van der Waals surface area contributed by atoms with E-state index in [-0.39, 0.29) is 23.8 Å². The fourth-order valence-corrected chi connectivity index (χ4v) is 5.04. The van der Waals surface area contributed by atoms with E-state index >= 15 is 0 Å². The molecule has 2 saturated heterocycles. The zero-order valence-electron chi connectivity index (χ0n) is 21.2. The number of hydrogen-bond donors (Lipinski definition) is 0. The lowest BCUT2D eigenvalue weighted by Crippen LogP contribution is -2.52. The maximum atomic E-state index is 13.2. The first-order valence-corrected chi connectivity index (χ1v) is 13.0.